The molecule has 0 spiro atoms. The maximum absolute atomic E-state index is 13.5. The number of rotatable bonds is 7. The highest BCUT2D eigenvalue weighted by atomic mass is 32.2. The van der Waals surface area contributed by atoms with E-state index in [2.05, 4.69) is 0 Å². The molecule has 2 saturated heterocycles. The molecule has 0 aromatic heterocycles. The summed E-state index contributed by atoms with van der Waals surface area (Å²) in [7, 11) is -11.4. The molecular weight excluding hydrogens is 456 g/mol. The molecule has 3 rings (SSSR count). The van der Waals surface area contributed by atoms with Crippen LogP contribution in [0.4, 0.5) is 5.69 Å². The lowest BCUT2D eigenvalue weighted by atomic mass is 10.3. The van der Waals surface area contributed by atoms with Gasteiger partial charge in [-0.05, 0) is 31.5 Å². The minimum absolute atomic E-state index is 0.00426. The van der Waals surface area contributed by atoms with Gasteiger partial charge in [-0.1, -0.05) is 6.92 Å². The number of sulfone groups is 1. The van der Waals surface area contributed by atoms with Gasteiger partial charge in [-0.25, -0.2) is 29.6 Å². The standard InChI is InChI=1S/C17H24N2O8S3/c1-3-18(14-7-9-28(21,22)12-14)30(25,26)16-11-13(5-6-15(16)27-4-2)19-17(20)8-10-29(19,23)24/h5-6,11,14H,3-4,7-10,12H2,1-2H3/t14-/m1/s1. The fourth-order valence-electron chi connectivity index (χ4n) is 3.72. The minimum atomic E-state index is -4.23. The van der Waals surface area contributed by atoms with Gasteiger partial charge in [0.25, 0.3) is 0 Å². The van der Waals surface area contributed by atoms with Crippen LogP contribution in [-0.4, -0.2) is 71.9 Å². The molecule has 1 atom stereocenters. The van der Waals surface area contributed by atoms with Crippen molar-refractivity contribution in [1.82, 2.24) is 4.31 Å². The van der Waals surface area contributed by atoms with Crippen molar-refractivity contribution in [1.29, 1.82) is 0 Å². The first-order valence-electron chi connectivity index (χ1n) is 9.48. The number of nitrogens with zero attached hydrogens (tertiary/aromatic N) is 2. The van der Waals surface area contributed by atoms with Crippen molar-refractivity contribution in [2.75, 3.05) is 34.7 Å². The normalized spacial score (nSPS) is 23.2. The Bertz CT molecular complexity index is 1160. The fraction of sp³-hybridized carbons (Fsp3) is 0.588. The highest BCUT2D eigenvalue weighted by Crippen LogP contribution is 2.35. The average Bonchev–Trinajstić information content (AvgIpc) is 3.14. The van der Waals surface area contributed by atoms with Crippen molar-refractivity contribution < 1.29 is 34.8 Å². The second-order valence-electron chi connectivity index (χ2n) is 7.05. The first-order valence-corrected chi connectivity index (χ1v) is 14.3. The van der Waals surface area contributed by atoms with Crippen molar-refractivity contribution in [2.45, 2.75) is 37.6 Å². The van der Waals surface area contributed by atoms with Gasteiger partial charge < -0.3 is 4.74 Å². The van der Waals surface area contributed by atoms with Crippen LogP contribution in [0.25, 0.3) is 0 Å². The quantitative estimate of drug-likeness (QED) is 0.545. The second kappa shape index (κ2) is 8.09. The molecule has 2 fully saturated rings. The zero-order valence-electron chi connectivity index (χ0n) is 16.6. The third kappa shape index (κ3) is 4.20. The van der Waals surface area contributed by atoms with E-state index in [0.29, 0.717) is 4.31 Å². The number of benzene rings is 1. The molecule has 1 amide bonds. The van der Waals surface area contributed by atoms with E-state index < -0.39 is 41.8 Å². The third-order valence-corrected chi connectivity index (χ3v) is 10.5. The molecule has 0 unspecified atom stereocenters. The summed E-state index contributed by atoms with van der Waals surface area (Å²) in [6, 6.07) is 3.01. The zero-order valence-corrected chi connectivity index (χ0v) is 19.1. The van der Waals surface area contributed by atoms with Gasteiger partial charge in [0.15, 0.2) is 9.84 Å². The molecule has 13 heteroatoms. The van der Waals surface area contributed by atoms with Crippen molar-refractivity contribution >= 4 is 41.5 Å². The summed E-state index contributed by atoms with van der Waals surface area (Å²) in [6.45, 7) is 3.45. The van der Waals surface area contributed by atoms with Gasteiger partial charge in [0.2, 0.25) is 26.0 Å². The number of amides is 1. The Morgan fingerprint density at radius 3 is 2.37 bits per heavy atom. The lowest BCUT2D eigenvalue weighted by Gasteiger charge is -2.27. The summed E-state index contributed by atoms with van der Waals surface area (Å²) in [5.74, 6) is -1.35. The highest BCUT2D eigenvalue weighted by molar-refractivity contribution is 7.94. The molecule has 2 heterocycles. The maximum Gasteiger partial charge on any atom is 0.247 e. The smallest absolute Gasteiger partial charge is 0.247 e. The molecule has 2 aliphatic rings. The van der Waals surface area contributed by atoms with E-state index in [1.54, 1.807) is 13.8 Å². The largest absolute Gasteiger partial charge is 0.492 e. The van der Waals surface area contributed by atoms with Crippen molar-refractivity contribution in [3.05, 3.63) is 18.2 Å². The number of hydrogen-bond donors (Lipinski definition) is 0. The van der Waals surface area contributed by atoms with Crippen LogP contribution in [0.2, 0.25) is 0 Å². The molecular formula is C17H24N2O8S3. The monoisotopic (exact) mass is 480 g/mol. The fourth-order valence-corrected chi connectivity index (χ4v) is 8.81. The number of anilines is 1. The lowest BCUT2D eigenvalue weighted by Crippen LogP contribution is -2.41. The molecule has 30 heavy (non-hydrogen) atoms. The van der Waals surface area contributed by atoms with E-state index >= 15 is 0 Å². The number of sulfonamides is 2. The number of carbonyl (C=O) groups excluding carboxylic acids is 1. The van der Waals surface area contributed by atoms with Crippen LogP contribution in [0.15, 0.2) is 23.1 Å². The second-order valence-corrected chi connectivity index (χ2v) is 13.1. The maximum atomic E-state index is 13.5. The average molecular weight is 481 g/mol. The molecule has 1 aromatic carbocycles. The van der Waals surface area contributed by atoms with Gasteiger partial charge in [-0.15, -0.1) is 0 Å². The molecule has 0 radical (unpaired) electrons. The Balaban J connectivity index is 2.11. The molecule has 0 aliphatic carbocycles. The van der Waals surface area contributed by atoms with Gasteiger partial charge in [0.1, 0.15) is 10.6 Å². The van der Waals surface area contributed by atoms with Crippen LogP contribution in [0.1, 0.15) is 26.7 Å². The molecule has 168 valence electrons. The topological polar surface area (TPSA) is 135 Å². The molecule has 0 bridgehead atoms. The van der Waals surface area contributed by atoms with Crippen LogP contribution in [0, 0.1) is 0 Å². The third-order valence-electron chi connectivity index (χ3n) is 5.05. The first-order chi connectivity index (χ1) is 13.9. The van der Waals surface area contributed by atoms with Crippen LogP contribution in [-0.2, 0) is 34.7 Å². The van der Waals surface area contributed by atoms with Crippen LogP contribution in [0.3, 0.4) is 0 Å². The molecule has 1 aromatic rings. The highest BCUT2D eigenvalue weighted by Gasteiger charge is 2.41. The molecule has 0 saturated carbocycles. The SMILES string of the molecule is CCOc1ccc(N2C(=O)CCS2(=O)=O)cc1S(=O)(=O)N(CC)[C@@H]1CCS(=O)(=O)C1. The summed E-state index contributed by atoms with van der Waals surface area (Å²) < 4.78 is 82.3. The molecule has 2 aliphatic heterocycles. The Hall–Kier alpha value is -1.70. The Kier molecular flexibility index (Phi) is 6.20. The van der Waals surface area contributed by atoms with Gasteiger partial charge in [0.05, 0.1) is 29.6 Å². The number of hydrogen-bond acceptors (Lipinski definition) is 8. The van der Waals surface area contributed by atoms with Crippen molar-refractivity contribution in [2.24, 2.45) is 0 Å². The Morgan fingerprint density at radius 2 is 1.87 bits per heavy atom. The van der Waals surface area contributed by atoms with Gasteiger partial charge in [0, 0.05) is 19.0 Å². The van der Waals surface area contributed by atoms with Crippen LogP contribution >= 0.6 is 0 Å². The van der Waals surface area contributed by atoms with Crippen LogP contribution in [0.5, 0.6) is 5.75 Å². The van der Waals surface area contributed by atoms with Crippen molar-refractivity contribution in [3.63, 3.8) is 0 Å². The van der Waals surface area contributed by atoms with E-state index in [0.717, 1.165) is 10.4 Å². The number of carbonyl (C=O) groups is 1. The summed E-state index contributed by atoms with van der Waals surface area (Å²) >= 11 is 0. The van der Waals surface area contributed by atoms with E-state index in [-0.39, 0.29) is 59.6 Å². The summed E-state index contributed by atoms with van der Waals surface area (Å²) in [5, 5.41) is 0. The van der Waals surface area contributed by atoms with E-state index in [4.69, 9.17) is 4.74 Å². The van der Waals surface area contributed by atoms with E-state index in [9.17, 15) is 30.0 Å². The summed E-state index contributed by atoms with van der Waals surface area (Å²) in [4.78, 5) is 11.8. The Morgan fingerprint density at radius 1 is 1.17 bits per heavy atom. The van der Waals surface area contributed by atoms with Gasteiger partial charge >= 0.3 is 0 Å². The molecule has 0 N–H and O–H groups in total. The van der Waals surface area contributed by atoms with E-state index in [1.807, 2.05) is 0 Å². The predicted molar refractivity (Wildman–Crippen MR) is 110 cm³/mol. The predicted octanol–water partition coefficient (Wildman–Crippen LogP) is 0.350. The summed E-state index contributed by atoms with van der Waals surface area (Å²) in [6.07, 6.45) is -0.00327. The van der Waals surface area contributed by atoms with Crippen molar-refractivity contribution in [3.8, 4) is 5.75 Å². The van der Waals surface area contributed by atoms with Gasteiger partial charge in [-0.2, -0.15) is 4.31 Å². The van der Waals surface area contributed by atoms with Gasteiger partial charge in [-0.3, -0.25) is 4.79 Å². The summed E-state index contributed by atoms with van der Waals surface area (Å²) in [5.41, 5.74) is -0.0883. The first kappa shape index (κ1) is 23.0. The Labute approximate surface area is 176 Å². The number of ether oxygens (including phenoxy) is 1. The molecule has 10 nitrogen and oxygen atoms in total. The zero-order chi connectivity index (χ0) is 22.3. The van der Waals surface area contributed by atoms with Crippen LogP contribution < -0.4 is 9.04 Å². The minimum Gasteiger partial charge on any atom is -0.492 e. The lowest BCUT2D eigenvalue weighted by molar-refractivity contribution is -0.116. The van der Waals surface area contributed by atoms with E-state index in [1.165, 1.54) is 12.1 Å².